The maximum absolute atomic E-state index is 12.3. The Morgan fingerprint density at radius 2 is 1.80 bits per heavy atom. The van der Waals surface area contributed by atoms with Gasteiger partial charge in [-0.3, -0.25) is 4.79 Å². The fraction of sp³-hybridized carbons (Fsp3) is 0.105. The first-order valence-electron chi connectivity index (χ1n) is 8.57. The molecular weight excluding hydrogens is 437 g/mol. The maximum Gasteiger partial charge on any atom is 0.573 e. The molecule has 2 N–H and O–H groups in total. The van der Waals surface area contributed by atoms with Crippen molar-refractivity contribution in [3.63, 3.8) is 0 Å². The molecule has 0 aliphatic carbocycles. The number of hydrogen-bond donors (Lipinski definition) is 2. The van der Waals surface area contributed by atoms with E-state index < -0.39 is 6.36 Å². The van der Waals surface area contributed by atoms with Crippen LogP contribution in [0.4, 0.5) is 29.1 Å². The summed E-state index contributed by atoms with van der Waals surface area (Å²) in [6, 6.07) is 12.9. The van der Waals surface area contributed by atoms with Crippen molar-refractivity contribution < 1.29 is 22.7 Å². The highest BCUT2D eigenvalue weighted by atomic mass is 32.1. The summed E-state index contributed by atoms with van der Waals surface area (Å²) in [5.74, 6) is -0.543. The number of amides is 1. The van der Waals surface area contributed by atoms with Crippen molar-refractivity contribution in [2.75, 3.05) is 10.6 Å². The third-order valence-corrected chi connectivity index (χ3v) is 5.53. The van der Waals surface area contributed by atoms with Gasteiger partial charge in [0, 0.05) is 11.1 Å². The largest absolute Gasteiger partial charge is 0.573 e. The van der Waals surface area contributed by atoms with E-state index in [1.165, 1.54) is 46.9 Å². The quantitative estimate of drug-likeness (QED) is 0.401. The highest BCUT2D eigenvalue weighted by Crippen LogP contribution is 2.27. The number of hydrogen-bond acceptors (Lipinski definition) is 7. The van der Waals surface area contributed by atoms with E-state index in [0.717, 1.165) is 10.2 Å². The molecule has 4 rings (SSSR count). The number of halogens is 3. The number of ether oxygens (including phenoxy) is 1. The van der Waals surface area contributed by atoms with E-state index in [1.807, 2.05) is 24.3 Å². The Hall–Kier alpha value is -3.18. The van der Waals surface area contributed by atoms with E-state index in [4.69, 9.17) is 0 Å². The highest BCUT2D eigenvalue weighted by Gasteiger charge is 2.30. The molecule has 154 valence electrons. The van der Waals surface area contributed by atoms with Gasteiger partial charge in [0.2, 0.25) is 5.91 Å². The molecule has 0 saturated heterocycles. The van der Waals surface area contributed by atoms with Gasteiger partial charge in [0.05, 0.1) is 22.3 Å². The zero-order valence-corrected chi connectivity index (χ0v) is 16.7. The average molecular weight is 450 g/mol. The highest BCUT2D eigenvalue weighted by molar-refractivity contribution is 7.22. The summed E-state index contributed by atoms with van der Waals surface area (Å²) in [6.07, 6.45) is -4.66. The molecule has 0 atom stereocenters. The van der Waals surface area contributed by atoms with Crippen molar-refractivity contribution >= 4 is 54.7 Å². The molecule has 0 aliphatic rings. The lowest BCUT2D eigenvalue weighted by molar-refractivity contribution is -0.274. The Bertz CT molecular complexity index is 1140. The molecule has 0 radical (unpaired) electrons. The number of carbonyl (C=O) groups is 1. The molecule has 0 unspecified atom stereocenters. The number of alkyl halides is 3. The van der Waals surface area contributed by atoms with Gasteiger partial charge in [0.15, 0.2) is 10.3 Å². The number of rotatable bonds is 6. The normalized spacial score (nSPS) is 11.4. The lowest BCUT2D eigenvalue weighted by Crippen LogP contribution is -2.16. The van der Waals surface area contributed by atoms with Crippen LogP contribution in [0.5, 0.6) is 5.75 Å². The van der Waals surface area contributed by atoms with Gasteiger partial charge in [-0.15, -0.1) is 24.5 Å². The van der Waals surface area contributed by atoms with Gasteiger partial charge in [-0.05, 0) is 36.4 Å². The van der Waals surface area contributed by atoms with E-state index in [2.05, 4.69) is 25.3 Å². The summed E-state index contributed by atoms with van der Waals surface area (Å²) < 4.78 is 41.4. The van der Waals surface area contributed by atoms with Gasteiger partial charge < -0.3 is 15.4 Å². The molecule has 2 aromatic heterocycles. The van der Waals surface area contributed by atoms with E-state index in [1.54, 1.807) is 5.38 Å². The van der Waals surface area contributed by atoms with E-state index in [-0.39, 0.29) is 18.1 Å². The maximum atomic E-state index is 12.3. The molecule has 1 amide bonds. The Morgan fingerprint density at radius 3 is 2.53 bits per heavy atom. The van der Waals surface area contributed by atoms with Crippen molar-refractivity contribution in [1.82, 2.24) is 9.97 Å². The minimum Gasteiger partial charge on any atom is -0.406 e. The molecule has 0 fully saturated rings. The molecule has 4 aromatic rings. The number of fused-ring (bicyclic) bond motifs is 1. The fourth-order valence-electron chi connectivity index (χ4n) is 2.56. The Labute approximate surface area is 176 Å². The fourth-order valence-corrected chi connectivity index (χ4v) is 4.18. The monoisotopic (exact) mass is 450 g/mol. The molecule has 30 heavy (non-hydrogen) atoms. The van der Waals surface area contributed by atoms with Crippen LogP contribution in [0.25, 0.3) is 10.2 Å². The van der Waals surface area contributed by atoms with E-state index in [9.17, 15) is 18.0 Å². The summed E-state index contributed by atoms with van der Waals surface area (Å²) in [5, 5.41) is 8.53. The van der Waals surface area contributed by atoms with Gasteiger partial charge >= 0.3 is 6.36 Å². The van der Waals surface area contributed by atoms with Gasteiger partial charge in [-0.25, -0.2) is 9.97 Å². The zero-order valence-electron chi connectivity index (χ0n) is 15.1. The third kappa shape index (κ3) is 5.24. The molecule has 6 nitrogen and oxygen atoms in total. The minimum absolute atomic E-state index is 0.0759. The molecule has 0 spiro atoms. The van der Waals surface area contributed by atoms with Crippen LogP contribution in [0, 0.1) is 0 Å². The van der Waals surface area contributed by atoms with Crippen LogP contribution in [0.15, 0.2) is 53.9 Å². The summed E-state index contributed by atoms with van der Waals surface area (Å²) in [6.45, 7) is 0. The van der Waals surface area contributed by atoms with Crippen molar-refractivity contribution in [2.24, 2.45) is 0 Å². The minimum atomic E-state index is -4.73. The van der Waals surface area contributed by atoms with Gasteiger partial charge in [0.1, 0.15) is 5.75 Å². The summed E-state index contributed by atoms with van der Waals surface area (Å²) in [5.41, 5.74) is 1.94. The van der Waals surface area contributed by atoms with Crippen molar-refractivity contribution in [3.05, 3.63) is 59.6 Å². The number of carbonyl (C=O) groups excluding carboxylic acids is 1. The molecule has 0 bridgehead atoms. The first kappa shape index (κ1) is 20.1. The summed E-state index contributed by atoms with van der Waals surface area (Å²) in [7, 11) is 0. The van der Waals surface area contributed by atoms with Crippen molar-refractivity contribution in [1.29, 1.82) is 0 Å². The SMILES string of the molecule is O=C(Cc1csc(Nc2ccc(OC(F)(F)F)cc2)n1)Nc1nc2ccccc2s1. The number of thiazole rings is 2. The number of anilines is 3. The Morgan fingerprint density at radius 1 is 1.03 bits per heavy atom. The van der Waals surface area contributed by atoms with Crippen LogP contribution in [0.2, 0.25) is 0 Å². The van der Waals surface area contributed by atoms with Crippen LogP contribution in [0.1, 0.15) is 5.69 Å². The van der Waals surface area contributed by atoms with Gasteiger partial charge in [0.25, 0.3) is 0 Å². The number of benzene rings is 2. The summed E-state index contributed by atoms with van der Waals surface area (Å²) >= 11 is 2.68. The molecule has 0 aliphatic heterocycles. The topological polar surface area (TPSA) is 76.1 Å². The van der Waals surface area contributed by atoms with Crippen LogP contribution in [-0.4, -0.2) is 22.2 Å². The van der Waals surface area contributed by atoms with Crippen LogP contribution in [0.3, 0.4) is 0 Å². The first-order valence-corrected chi connectivity index (χ1v) is 10.3. The molecular formula is C19H13F3N4O2S2. The Balaban J connectivity index is 1.34. The number of aromatic nitrogens is 2. The van der Waals surface area contributed by atoms with E-state index >= 15 is 0 Å². The zero-order chi connectivity index (χ0) is 21.1. The predicted molar refractivity (Wildman–Crippen MR) is 110 cm³/mol. The summed E-state index contributed by atoms with van der Waals surface area (Å²) in [4.78, 5) is 21.0. The van der Waals surface area contributed by atoms with Crippen LogP contribution < -0.4 is 15.4 Å². The van der Waals surface area contributed by atoms with Crippen LogP contribution in [-0.2, 0) is 11.2 Å². The smallest absolute Gasteiger partial charge is 0.406 e. The van der Waals surface area contributed by atoms with Gasteiger partial charge in [-0.1, -0.05) is 23.5 Å². The second-order valence-electron chi connectivity index (χ2n) is 6.05. The lowest BCUT2D eigenvalue weighted by atomic mass is 10.3. The van der Waals surface area contributed by atoms with Crippen LogP contribution >= 0.6 is 22.7 Å². The molecule has 11 heteroatoms. The Kier molecular flexibility index (Phi) is 5.55. The molecule has 2 aromatic carbocycles. The molecule has 2 heterocycles. The van der Waals surface area contributed by atoms with E-state index in [0.29, 0.717) is 21.6 Å². The van der Waals surface area contributed by atoms with Crippen molar-refractivity contribution in [3.8, 4) is 5.75 Å². The third-order valence-electron chi connectivity index (χ3n) is 3.77. The second-order valence-corrected chi connectivity index (χ2v) is 7.94. The van der Waals surface area contributed by atoms with Gasteiger partial charge in [-0.2, -0.15) is 0 Å². The predicted octanol–water partition coefficient (Wildman–Crippen LogP) is 5.58. The molecule has 0 saturated carbocycles. The second kappa shape index (κ2) is 8.28. The lowest BCUT2D eigenvalue weighted by Gasteiger charge is -2.09. The number of nitrogens with one attached hydrogen (secondary N) is 2. The average Bonchev–Trinajstić information content (AvgIpc) is 3.28. The van der Waals surface area contributed by atoms with Crippen molar-refractivity contribution in [2.45, 2.75) is 12.8 Å². The number of para-hydroxylation sites is 1. The number of nitrogens with zero attached hydrogens (tertiary/aromatic N) is 2. The standard InChI is InChI=1S/C19H13F3N4O2S2/c20-19(21,22)28-13-7-5-11(6-8-13)23-17-24-12(10-29-17)9-16(27)26-18-25-14-3-1-2-4-15(14)30-18/h1-8,10H,9H2,(H,23,24)(H,25,26,27). The first-order chi connectivity index (χ1) is 14.3.